The molecule has 1 aliphatic heterocycles. The summed E-state index contributed by atoms with van der Waals surface area (Å²) in [6.07, 6.45) is 5.26. The van der Waals surface area contributed by atoms with E-state index in [2.05, 4.69) is 15.2 Å². The summed E-state index contributed by atoms with van der Waals surface area (Å²) in [5, 5.41) is 5.27. The first-order chi connectivity index (χ1) is 15.4. The second kappa shape index (κ2) is 9.43. The Hall–Kier alpha value is -2.69. The van der Waals surface area contributed by atoms with Crippen LogP contribution in [0.5, 0.6) is 0 Å². The fraction of sp³-hybridized carbons (Fsp3) is 0.364. The molecule has 1 aliphatic rings. The van der Waals surface area contributed by atoms with Gasteiger partial charge in [0.15, 0.2) is 0 Å². The molecular weight excluding hydrogens is 448 g/mol. The van der Waals surface area contributed by atoms with Crippen molar-refractivity contribution in [2.75, 3.05) is 36.4 Å². The smallest absolute Gasteiger partial charge is 0.275 e. The van der Waals surface area contributed by atoms with Crippen LogP contribution in [0.3, 0.4) is 0 Å². The zero-order valence-corrected chi connectivity index (χ0v) is 19.7. The molecular formula is C22H26N4O4S2. The van der Waals surface area contributed by atoms with Crippen LogP contribution >= 0.6 is 11.3 Å². The average Bonchev–Trinajstić information content (AvgIpc) is 3.56. The van der Waals surface area contributed by atoms with Crippen molar-refractivity contribution in [3.8, 4) is 10.6 Å². The number of furan rings is 1. The highest BCUT2D eigenvalue weighted by Crippen LogP contribution is 2.33. The van der Waals surface area contributed by atoms with Gasteiger partial charge in [-0.25, -0.2) is 13.4 Å². The zero-order valence-electron chi connectivity index (χ0n) is 18.1. The van der Waals surface area contributed by atoms with Gasteiger partial charge in [0, 0.05) is 37.1 Å². The number of nitrogens with one attached hydrogen (secondary N) is 1. The highest BCUT2D eigenvalue weighted by molar-refractivity contribution is 7.89. The van der Waals surface area contributed by atoms with Gasteiger partial charge in [0.2, 0.25) is 10.0 Å². The Bertz CT molecular complexity index is 1180. The van der Waals surface area contributed by atoms with Crippen molar-refractivity contribution >= 4 is 38.6 Å². The predicted molar refractivity (Wildman–Crippen MR) is 126 cm³/mol. The van der Waals surface area contributed by atoms with Crippen molar-refractivity contribution < 1.29 is 17.6 Å². The van der Waals surface area contributed by atoms with Gasteiger partial charge >= 0.3 is 0 Å². The SMILES string of the molecule is CCN(CC)S(=O)(=O)c1ccc(N2CCCC2)c(NC(=O)c2csc(-c3ccoc3)n2)c1. The maximum Gasteiger partial charge on any atom is 0.275 e. The summed E-state index contributed by atoms with van der Waals surface area (Å²) in [5.74, 6) is -0.381. The van der Waals surface area contributed by atoms with Crippen LogP contribution in [0.15, 0.2) is 51.5 Å². The lowest BCUT2D eigenvalue weighted by atomic mass is 10.2. The monoisotopic (exact) mass is 474 g/mol. The van der Waals surface area contributed by atoms with Gasteiger partial charge in [0.1, 0.15) is 17.0 Å². The molecule has 0 saturated carbocycles. The molecule has 1 saturated heterocycles. The molecule has 10 heteroatoms. The van der Waals surface area contributed by atoms with Crippen molar-refractivity contribution in [1.82, 2.24) is 9.29 Å². The van der Waals surface area contributed by atoms with E-state index < -0.39 is 10.0 Å². The molecule has 4 rings (SSSR count). The molecule has 8 nitrogen and oxygen atoms in total. The molecule has 32 heavy (non-hydrogen) atoms. The first kappa shape index (κ1) is 22.5. The van der Waals surface area contributed by atoms with Crippen LogP contribution in [0.1, 0.15) is 37.2 Å². The van der Waals surface area contributed by atoms with E-state index in [9.17, 15) is 13.2 Å². The van der Waals surface area contributed by atoms with Gasteiger partial charge in [-0.1, -0.05) is 13.8 Å². The molecule has 1 amide bonds. The van der Waals surface area contributed by atoms with E-state index in [1.807, 2.05) is 13.8 Å². The Labute approximate surface area is 191 Å². The van der Waals surface area contributed by atoms with E-state index in [-0.39, 0.29) is 16.5 Å². The number of carbonyl (C=O) groups excluding carboxylic acids is 1. The van der Waals surface area contributed by atoms with Crippen LogP contribution in [-0.2, 0) is 10.0 Å². The molecule has 1 aromatic carbocycles. The number of carbonyl (C=O) groups is 1. The molecule has 0 atom stereocenters. The van der Waals surface area contributed by atoms with Gasteiger partial charge in [0.25, 0.3) is 5.91 Å². The second-order valence-electron chi connectivity index (χ2n) is 7.47. The maximum absolute atomic E-state index is 13.0. The van der Waals surface area contributed by atoms with Crippen LogP contribution in [0.2, 0.25) is 0 Å². The molecule has 3 aromatic rings. The first-order valence-electron chi connectivity index (χ1n) is 10.6. The lowest BCUT2D eigenvalue weighted by Crippen LogP contribution is -2.31. The standard InChI is InChI=1S/C22H26N4O4S2/c1-3-26(4-2)32(28,29)17-7-8-20(25-10-5-6-11-25)18(13-17)23-21(27)19-15-31-22(24-19)16-9-12-30-14-16/h7-9,12-15H,3-6,10-11H2,1-2H3,(H,23,27). The summed E-state index contributed by atoms with van der Waals surface area (Å²) in [5.41, 5.74) is 2.37. The van der Waals surface area contributed by atoms with Crippen LogP contribution in [0.4, 0.5) is 11.4 Å². The zero-order chi connectivity index (χ0) is 22.7. The highest BCUT2D eigenvalue weighted by atomic mass is 32.2. The normalized spacial score (nSPS) is 14.3. The van der Waals surface area contributed by atoms with Crippen molar-refractivity contribution in [2.24, 2.45) is 0 Å². The van der Waals surface area contributed by atoms with Crippen molar-refractivity contribution in [1.29, 1.82) is 0 Å². The molecule has 0 unspecified atom stereocenters. The Morgan fingerprint density at radius 1 is 1.22 bits per heavy atom. The number of amides is 1. The summed E-state index contributed by atoms with van der Waals surface area (Å²) in [6, 6.07) is 6.75. The molecule has 2 aromatic heterocycles. The minimum absolute atomic E-state index is 0.164. The minimum atomic E-state index is -3.65. The molecule has 170 valence electrons. The Balaban J connectivity index is 1.66. The Morgan fingerprint density at radius 2 is 1.97 bits per heavy atom. The fourth-order valence-electron chi connectivity index (χ4n) is 3.81. The fourth-order valence-corrected chi connectivity index (χ4v) is 6.08. The molecule has 1 fully saturated rings. The van der Waals surface area contributed by atoms with Gasteiger partial charge < -0.3 is 14.6 Å². The van der Waals surface area contributed by atoms with Crippen LogP contribution in [0.25, 0.3) is 10.6 Å². The number of hydrogen-bond acceptors (Lipinski definition) is 7. The number of thiazole rings is 1. The van der Waals surface area contributed by atoms with Crippen molar-refractivity contribution in [2.45, 2.75) is 31.6 Å². The average molecular weight is 475 g/mol. The third-order valence-electron chi connectivity index (χ3n) is 5.51. The number of anilines is 2. The molecule has 1 N–H and O–H groups in total. The highest BCUT2D eigenvalue weighted by Gasteiger charge is 2.25. The van der Waals surface area contributed by atoms with Gasteiger partial charge in [-0.15, -0.1) is 11.3 Å². The maximum atomic E-state index is 13.0. The minimum Gasteiger partial charge on any atom is -0.472 e. The molecule has 0 radical (unpaired) electrons. The number of nitrogens with zero attached hydrogens (tertiary/aromatic N) is 3. The van der Waals surface area contributed by atoms with Crippen LogP contribution < -0.4 is 10.2 Å². The van der Waals surface area contributed by atoms with E-state index in [0.29, 0.717) is 23.8 Å². The topological polar surface area (TPSA) is 95.8 Å². The van der Waals surface area contributed by atoms with E-state index >= 15 is 0 Å². The third kappa shape index (κ3) is 4.43. The molecule has 0 bridgehead atoms. The van der Waals surface area contributed by atoms with Gasteiger partial charge in [-0.2, -0.15) is 4.31 Å². The summed E-state index contributed by atoms with van der Waals surface area (Å²) in [4.78, 5) is 19.7. The number of sulfonamides is 1. The lowest BCUT2D eigenvalue weighted by Gasteiger charge is -2.24. The van der Waals surface area contributed by atoms with Gasteiger partial charge in [-0.05, 0) is 37.1 Å². The van der Waals surface area contributed by atoms with Gasteiger partial charge in [-0.3, -0.25) is 4.79 Å². The van der Waals surface area contributed by atoms with E-state index in [4.69, 9.17) is 4.42 Å². The summed E-state index contributed by atoms with van der Waals surface area (Å²) in [6.45, 7) is 6.11. The number of aromatic nitrogens is 1. The van der Waals surface area contributed by atoms with E-state index in [0.717, 1.165) is 37.2 Å². The van der Waals surface area contributed by atoms with Crippen molar-refractivity contribution in [3.05, 3.63) is 47.9 Å². The van der Waals surface area contributed by atoms with E-state index in [1.165, 1.54) is 15.6 Å². The predicted octanol–water partition coefficient (Wildman–Crippen LogP) is 4.29. The number of hydrogen-bond donors (Lipinski definition) is 1. The molecule has 0 spiro atoms. The van der Waals surface area contributed by atoms with Crippen LogP contribution in [0, 0.1) is 0 Å². The lowest BCUT2D eigenvalue weighted by molar-refractivity contribution is 0.102. The quantitative estimate of drug-likeness (QED) is 0.523. The van der Waals surface area contributed by atoms with Crippen molar-refractivity contribution in [3.63, 3.8) is 0 Å². The summed E-state index contributed by atoms with van der Waals surface area (Å²) < 4.78 is 32.6. The molecule has 0 aliphatic carbocycles. The third-order valence-corrected chi connectivity index (χ3v) is 8.45. The second-order valence-corrected chi connectivity index (χ2v) is 10.3. The van der Waals surface area contributed by atoms with Gasteiger partial charge in [0.05, 0.1) is 22.5 Å². The largest absolute Gasteiger partial charge is 0.472 e. The number of benzene rings is 1. The van der Waals surface area contributed by atoms with Crippen LogP contribution in [-0.4, -0.2) is 49.8 Å². The molecule has 3 heterocycles. The summed E-state index contributed by atoms with van der Waals surface area (Å²) in [7, 11) is -3.65. The Morgan fingerprint density at radius 3 is 2.62 bits per heavy atom. The Kier molecular flexibility index (Phi) is 6.63. The van der Waals surface area contributed by atoms with E-state index in [1.54, 1.807) is 42.2 Å². The number of rotatable bonds is 8. The first-order valence-corrected chi connectivity index (χ1v) is 12.9. The summed E-state index contributed by atoms with van der Waals surface area (Å²) >= 11 is 1.35.